The van der Waals surface area contributed by atoms with Gasteiger partial charge in [-0.2, -0.15) is 9.78 Å². The van der Waals surface area contributed by atoms with E-state index in [-0.39, 0.29) is 0 Å². The number of carbonyl (C=O) groups excluding carboxylic acids is 1. The maximum atomic E-state index is 13.1. The topological polar surface area (TPSA) is 74.6 Å². The molecule has 1 amide bonds. The Balaban J connectivity index is 1.50. The maximum Gasteiger partial charge on any atom is 0.346 e. The SMILES string of the molecule is COc1cc(NC(=O)n2cc(-c3ccccc3)c(-c3ccccc3)n2)cc2c1OC(C)(C)O2. The number of nitrogens with zero attached hydrogens (tertiary/aromatic N) is 2. The number of hydrogen-bond acceptors (Lipinski definition) is 5. The van der Waals surface area contributed by atoms with Crippen LogP contribution in [0.25, 0.3) is 22.4 Å². The number of aromatic nitrogens is 2. The van der Waals surface area contributed by atoms with Crippen LogP contribution in [0.5, 0.6) is 17.2 Å². The van der Waals surface area contributed by atoms with Crippen molar-refractivity contribution in [2.75, 3.05) is 12.4 Å². The van der Waals surface area contributed by atoms with Crippen LogP contribution in [0.3, 0.4) is 0 Å². The van der Waals surface area contributed by atoms with E-state index in [1.807, 2.05) is 74.5 Å². The third-order valence-corrected chi connectivity index (χ3v) is 5.25. The Bertz CT molecular complexity index is 1260. The molecule has 2 heterocycles. The molecule has 166 valence electrons. The second-order valence-electron chi connectivity index (χ2n) is 8.11. The molecule has 5 rings (SSSR count). The van der Waals surface area contributed by atoms with Crippen molar-refractivity contribution in [1.82, 2.24) is 9.78 Å². The van der Waals surface area contributed by atoms with Crippen LogP contribution in [0.2, 0.25) is 0 Å². The van der Waals surface area contributed by atoms with Crippen LogP contribution < -0.4 is 19.5 Å². The number of anilines is 1. The molecule has 0 saturated heterocycles. The van der Waals surface area contributed by atoms with E-state index >= 15 is 0 Å². The minimum Gasteiger partial charge on any atom is -0.493 e. The third-order valence-electron chi connectivity index (χ3n) is 5.25. The van der Waals surface area contributed by atoms with Crippen LogP contribution in [0, 0.1) is 0 Å². The summed E-state index contributed by atoms with van der Waals surface area (Å²) < 4.78 is 18.4. The summed E-state index contributed by atoms with van der Waals surface area (Å²) in [5.74, 6) is 0.682. The minimum absolute atomic E-state index is 0.408. The normalized spacial score (nSPS) is 13.5. The van der Waals surface area contributed by atoms with Crippen LogP contribution in [0.1, 0.15) is 13.8 Å². The fourth-order valence-electron chi connectivity index (χ4n) is 3.81. The number of carbonyl (C=O) groups is 1. The van der Waals surface area contributed by atoms with Gasteiger partial charge in [0.2, 0.25) is 11.5 Å². The molecule has 1 aliphatic heterocycles. The molecule has 1 N–H and O–H groups in total. The smallest absolute Gasteiger partial charge is 0.346 e. The molecule has 7 nitrogen and oxygen atoms in total. The van der Waals surface area contributed by atoms with E-state index in [1.165, 1.54) is 4.68 Å². The molecule has 0 saturated carbocycles. The Morgan fingerprint density at radius 1 is 0.970 bits per heavy atom. The number of ether oxygens (including phenoxy) is 3. The highest BCUT2D eigenvalue weighted by Gasteiger charge is 2.35. The molecule has 1 aliphatic rings. The first-order chi connectivity index (χ1) is 15.9. The van der Waals surface area contributed by atoms with Gasteiger partial charge in [0, 0.05) is 43.3 Å². The van der Waals surface area contributed by atoms with Gasteiger partial charge in [0.05, 0.1) is 12.8 Å². The molecule has 0 fully saturated rings. The summed E-state index contributed by atoms with van der Waals surface area (Å²) >= 11 is 0. The van der Waals surface area contributed by atoms with Crippen LogP contribution in [0.15, 0.2) is 79.0 Å². The molecule has 0 spiro atoms. The summed E-state index contributed by atoms with van der Waals surface area (Å²) in [4.78, 5) is 13.1. The van der Waals surface area contributed by atoms with Crippen LogP contribution in [-0.2, 0) is 0 Å². The molecule has 0 radical (unpaired) electrons. The number of amides is 1. The van der Waals surface area contributed by atoms with Gasteiger partial charge in [-0.15, -0.1) is 0 Å². The predicted octanol–water partition coefficient (Wildman–Crippen LogP) is 5.81. The van der Waals surface area contributed by atoms with E-state index in [0.29, 0.717) is 22.9 Å². The highest BCUT2D eigenvalue weighted by atomic mass is 16.7. The van der Waals surface area contributed by atoms with Crippen LogP contribution >= 0.6 is 0 Å². The second kappa shape index (κ2) is 8.02. The van der Waals surface area contributed by atoms with Crippen molar-refractivity contribution in [2.24, 2.45) is 0 Å². The quantitative estimate of drug-likeness (QED) is 0.432. The van der Waals surface area contributed by atoms with Gasteiger partial charge in [-0.25, -0.2) is 4.79 Å². The summed E-state index contributed by atoms with van der Waals surface area (Å²) in [7, 11) is 1.54. The zero-order valence-electron chi connectivity index (χ0n) is 18.5. The maximum absolute atomic E-state index is 13.1. The Kier molecular flexibility index (Phi) is 5.01. The van der Waals surface area contributed by atoms with E-state index in [0.717, 1.165) is 22.4 Å². The Morgan fingerprint density at radius 3 is 2.30 bits per heavy atom. The zero-order chi connectivity index (χ0) is 23.0. The summed E-state index contributed by atoms with van der Waals surface area (Å²) in [6.45, 7) is 3.62. The number of fused-ring (bicyclic) bond motifs is 1. The molecule has 0 aliphatic carbocycles. The minimum atomic E-state index is -0.810. The van der Waals surface area contributed by atoms with Crippen molar-refractivity contribution in [1.29, 1.82) is 0 Å². The number of methoxy groups -OCH3 is 1. The lowest BCUT2D eigenvalue weighted by Gasteiger charge is -2.16. The van der Waals surface area contributed by atoms with Crippen molar-refractivity contribution in [3.05, 3.63) is 79.0 Å². The van der Waals surface area contributed by atoms with Gasteiger partial charge in [-0.1, -0.05) is 60.7 Å². The largest absolute Gasteiger partial charge is 0.493 e. The standard InChI is InChI=1S/C26H23N3O4/c1-26(2)32-22-15-19(14-21(31-3)24(22)33-26)27-25(30)29-16-20(17-10-6-4-7-11-17)23(28-29)18-12-8-5-9-13-18/h4-16H,1-3H3,(H,27,30). The molecule has 0 bridgehead atoms. The van der Waals surface area contributed by atoms with E-state index in [4.69, 9.17) is 14.2 Å². The second-order valence-corrected chi connectivity index (χ2v) is 8.11. The monoisotopic (exact) mass is 441 g/mol. The molecule has 1 aromatic heterocycles. The van der Waals surface area contributed by atoms with E-state index < -0.39 is 11.8 Å². The molecular weight excluding hydrogens is 418 g/mol. The first-order valence-electron chi connectivity index (χ1n) is 10.6. The van der Waals surface area contributed by atoms with Crippen molar-refractivity contribution >= 4 is 11.7 Å². The van der Waals surface area contributed by atoms with Gasteiger partial charge in [-0.05, 0) is 5.56 Å². The fourth-order valence-corrected chi connectivity index (χ4v) is 3.81. The summed E-state index contributed by atoms with van der Waals surface area (Å²) in [6, 6.07) is 22.7. The molecule has 3 aromatic carbocycles. The van der Waals surface area contributed by atoms with E-state index in [2.05, 4.69) is 10.4 Å². The first-order valence-corrected chi connectivity index (χ1v) is 10.6. The van der Waals surface area contributed by atoms with E-state index in [1.54, 1.807) is 25.4 Å². The number of rotatable bonds is 4. The summed E-state index contributed by atoms with van der Waals surface area (Å²) in [5.41, 5.74) is 4.00. The zero-order valence-corrected chi connectivity index (χ0v) is 18.5. The molecule has 4 aromatic rings. The lowest BCUT2D eigenvalue weighted by Crippen LogP contribution is -2.29. The van der Waals surface area contributed by atoms with Crippen molar-refractivity contribution in [3.63, 3.8) is 0 Å². The van der Waals surface area contributed by atoms with Crippen molar-refractivity contribution < 1.29 is 19.0 Å². The fraction of sp³-hybridized carbons (Fsp3) is 0.154. The van der Waals surface area contributed by atoms with Crippen molar-refractivity contribution in [2.45, 2.75) is 19.6 Å². The Morgan fingerprint density at radius 2 is 1.64 bits per heavy atom. The van der Waals surface area contributed by atoms with Gasteiger partial charge in [0.15, 0.2) is 11.5 Å². The van der Waals surface area contributed by atoms with Gasteiger partial charge in [0.25, 0.3) is 0 Å². The van der Waals surface area contributed by atoms with Gasteiger partial charge in [0.1, 0.15) is 5.69 Å². The van der Waals surface area contributed by atoms with Gasteiger partial charge in [-0.3, -0.25) is 0 Å². The number of nitrogens with one attached hydrogen (secondary N) is 1. The molecule has 33 heavy (non-hydrogen) atoms. The van der Waals surface area contributed by atoms with Crippen molar-refractivity contribution in [3.8, 4) is 39.6 Å². The van der Waals surface area contributed by atoms with E-state index in [9.17, 15) is 4.79 Å². The molecule has 0 atom stereocenters. The summed E-state index contributed by atoms with van der Waals surface area (Å²) in [5, 5.41) is 7.49. The Labute approximate surface area is 191 Å². The predicted molar refractivity (Wildman–Crippen MR) is 126 cm³/mol. The average Bonchev–Trinajstić information content (AvgIpc) is 3.40. The highest BCUT2D eigenvalue weighted by Crippen LogP contribution is 2.47. The molecule has 7 heteroatoms. The van der Waals surface area contributed by atoms with Gasteiger partial charge < -0.3 is 19.5 Å². The Hall–Kier alpha value is -4.26. The van der Waals surface area contributed by atoms with Crippen LogP contribution in [-0.4, -0.2) is 28.7 Å². The first kappa shape index (κ1) is 20.6. The molecule has 0 unspecified atom stereocenters. The molecular formula is C26H23N3O4. The summed E-state index contributed by atoms with van der Waals surface area (Å²) in [6.07, 6.45) is 1.74. The lowest BCUT2D eigenvalue weighted by molar-refractivity contribution is -0.0439. The third kappa shape index (κ3) is 4.01. The number of hydrogen-bond donors (Lipinski definition) is 1. The lowest BCUT2D eigenvalue weighted by atomic mass is 10.0. The van der Waals surface area contributed by atoms with Crippen LogP contribution in [0.4, 0.5) is 10.5 Å². The van der Waals surface area contributed by atoms with Gasteiger partial charge >= 0.3 is 6.03 Å². The highest BCUT2D eigenvalue weighted by molar-refractivity contribution is 5.93. The number of benzene rings is 3. The average molecular weight is 441 g/mol.